The van der Waals surface area contributed by atoms with Crippen molar-refractivity contribution < 1.29 is 0 Å². The fourth-order valence-corrected chi connectivity index (χ4v) is 3.11. The van der Waals surface area contributed by atoms with E-state index in [-0.39, 0.29) is 0 Å². The normalized spacial score (nSPS) is 11.8. The van der Waals surface area contributed by atoms with Crippen LogP contribution in [0.5, 0.6) is 0 Å². The Morgan fingerprint density at radius 2 is 1.43 bits per heavy atom. The Labute approximate surface area is 119 Å². The van der Waals surface area contributed by atoms with E-state index in [1.165, 1.54) is 5.39 Å². The number of aromatic amines is 1. The Balaban J connectivity index is 2.26. The largest absolute Gasteiger partial charge is 0.345 e. The number of hydrogen-bond donors (Lipinski definition) is 1. The molecule has 0 bridgehead atoms. The van der Waals surface area contributed by atoms with Gasteiger partial charge in [-0.25, -0.2) is 4.98 Å². The molecule has 3 aromatic heterocycles. The molecule has 21 heavy (non-hydrogen) atoms. The van der Waals surface area contributed by atoms with Crippen LogP contribution >= 0.6 is 0 Å². The summed E-state index contributed by atoms with van der Waals surface area (Å²) in [6, 6.07) is 12.3. The average molecular weight is 270 g/mol. The lowest BCUT2D eigenvalue weighted by atomic mass is 9.99. The lowest BCUT2D eigenvalue weighted by molar-refractivity contribution is 1.35. The van der Waals surface area contributed by atoms with E-state index >= 15 is 0 Å². The lowest BCUT2D eigenvalue weighted by Gasteiger charge is -2.08. The highest BCUT2D eigenvalue weighted by atomic mass is 14.9. The zero-order chi connectivity index (χ0) is 13.8. The zero-order valence-electron chi connectivity index (χ0n) is 11.0. The summed E-state index contributed by atoms with van der Waals surface area (Å²) in [4.78, 5) is 16.8. The summed E-state index contributed by atoms with van der Waals surface area (Å²) in [5.41, 5.74) is 3.89. The highest BCUT2D eigenvalue weighted by Crippen LogP contribution is 2.35. The molecule has 0 saturated heterocycles. The Morgan fingerprint density at radius 3 is 2.29 bits per heavy atom. The average Bonchev–Trinajstić information content (AvgIpc) is 3.03. The van der Waals surface area contributed by atoms with Crippen molar-refractivity contribution in [2.75, 3.05) is 0 Å². The number of imidazole rings is 1. The monoisotopic (exact) mass is 270 g/mol. The van der Waals surface area contributed by atoms with Gasteiger partial charge < -0.3 is 4.98 Å². The molecule has 5 rings (SSSR count). The second-order valence-corrected chi connectivity index (χ2v) is 5.09. The van der Waals surface area contributed by atoms with E-state index in [0.29, 0.717) is 0 Å². The molecule has 0 aliphatic rings. The van der Waals surface area contributed by atoms with Crippen molar-refractivity contribution in [3.05, 3.63) is 55.1 Å². The van der Waals surface area contributed by atoms with Crippen LogP contribution in [0.4, 0.5) is 0 Å². The fraction of sp³-hybridized carbons (Fsp3) is 0. The predicted octanol–water partition coefficient (Wildman–Crippen LogP) is 3.81. The van der Waals surface area contributed by atoms with Crippen LogP contribution in [0, 0.1) is 0 Å². The van der Waals surface area contributed by atoms with Crippen LogP contribution in [0.2, 0.25) is 0 Å². The van der Waals surface area contributed by atoms with Crippen LogP contribution in [-0.2, 0) is 0 Å². The van der Waals surface area contributed by atoms with E-state index in [9.17, 15) is 0 Å². The fourth-order valence-electron chi connectivity index (χ4n) is 3.11. The van der Waals surface area contributed by atoms with Gasteiger partial charge in [-0.05, 0) is 23.6 Å². The van der Waals surface area contributed by atoms with E-state index in [2.05, 4.69) is 44.2 Å². The van der Waals surface area contributed by atoms with E-state index in [4.69, 9.17) is 0 Å². The molecule has 0 atom stereocenters. The number of rotatable bonds is 0. The summed E-state index contributed by atoms with van der Waals surface area (Å²) in [7, 11) is 0. The third kappa shape index (κ3) is 1.31. The predicted molar refractivity (Wildman–Crippen MR) is 84.2 cm³/mol. The molecule has 0 aliphatic heterocycles. The molecule has 0 radical (unpaired) electrons. The first-order chi connectivity index (χ1) is 10.4. The first-order valence-corrected chi connectivity index (χ1v) is 6.81. The van der Waals surface area contributed by atoms with Gasteiger partial charge in [0.15, 0.2) is 0 Å². The van der Waals surface area contributed by atoms with Crippen molar-refractivity contribution in [2.45, 2.75) is 0 Å². The van der Waals surface area contributed by atoms with Crippen LogP contribution in [0.25, 0.3) is 43.6 Å². The minimum absolute atomic E-state index is 0.927. The van der Waals surface area contributed by atoms with Gasteiger partial charge in [-0.3, -0.25) is 9.97 Å². The zero-order valence-corrected chi connectivity index (χ0v) is 11.0. The molecule has 3 heterocycles. The molecule has 4 nitrogen and oxygen atoms in total. The molecule has 4 heteroatoms. The molecule has 0 amide bonds. The topological polar surface area (TPSA) is 54.5 Å². The summed E-state index contributed by atoms with van der Waals surface area (Å²) in [5, 5.41) is 4.51. The molecule has 98 valence electrons. The van der Waals surface area contributed by atoms with Gasteiger partial charge in [0, 0.05) is 28.6 Å². The summed E-state index contributed by atoms with van der Waals surface area (Å²) in [6.45, 7) is 0. The quantitative estimate of drug-likeness (QED) is 0.435. The van der Waals surface area contributed by atoms with Crippen LogP contribution in [0.1, 0.15) is 0 Å². The minimum atomic E-state index is 0.927. The second kappa shape index (κ2) is 3.76. The number of nitrogens with one attached hydrogen (secondary N) is 1. The maximum atomic E-state index is 4.55. The minimum Gasteiger partial charge on any atom is -0.345 e. The third-order valence-corrected chi connectivity index (χ3v) is 3.99. The number of nitrogens with zero attached hydrogens (tertiary/aromatic N) is 3. The Bertz CT molecular complexity index is 1110. The molecule has 1 N–H and O–H groups in total. The number of benzene rings is 2. The SMILES string of the molecule is c1cnc2c(c1)c1ccc3[nH]cnc3c1c1cccnc12. The van der Waals surface area contributed by atoms with Crippen molar-refractivity contribution in [1.29, 1.82) is 0 Å². The Kier molecular flexibility index (Phi) is 1.92. The number of hydrogen-bond acceptors (Lipinski definition) is 3. The highest BCUT2D eigenvalue weighted by Gasteiger charge is 2.13. The maximum Gasteiger partial charge on any atom is 0.0971 e. The number of pyridine rings is 2. The van der Waals surface area contributed by atoms with Crippen molar-refractivity contribution in [2.24, 2.45) is 0 Å². The Hall–Kier alpha value is -3.01. The lowest BCUT2D eigenvalue weighted by Crippen LogP contribution is -1.88. The molecular formula is C17H10N4. The highest BCUT2D eigenvalue weighted by molar-refractivity contribution is 6.28. The standard InChI is InChI=1S/C17H10N4/c1-3-11-10-5-6-13-17(21-9-20-13)14(10)12-4-2-8-19-16(12)15(11)18-7-1/h1-9H,(H,20,21). The van der Waals surface area contributed by atoms with E-state index < -0.39 is 0 Å². The van der Waals surface area contributed by atoms with Gasteiger partial charge in [0.05, 0.1) is 28.4 Å². The molecule has 0 fully saturated rings. The molecule has 0 aliphatic carbocycles. The van der Waals surface area contributed by atoms with Gasteiger partial charge in [-0.1, -0.05) is 18.2 Å². The van der Waals surface area contributed by atoms with Gasteiger partial charge in [0.2, 0.25) is 0 Å². The van der Waals surface area contributed by atoms with Crippen molar-refractivity contribution in [1.82, 2.24) is 19.9 Å². The number of aromatic nitrogens is 4. The van der Waals surface area contributed by atoms with Crippen LogP contribution < -0.4 is 0 Å². The summed E-state index contributed by atoms with van der Waals surface area (Å²) < 4.78 is 0. The molecule has 0 saturated carbocycles. The Morgan fingerprint density at radius 1 is 0.667 bits per heavy atom. The van der Waals surface area contributed by atoms with E-state index in [1.807, 2.05) is 24.5 Å². The first-order valence-electron chi connectivity index (χ1n) is 6.81. The molecule has 2 aromatic carbocycles. The van der Waals surface area contributed by atoms with Gasteiger partial charge in [-0.2, -0.15) is 0 Å². The summed E-state index contributed by atoms with van der Waals surface area (Å²) >= 11 is 0. The van der Waals surface area contributed by atoms with Crippen LogP contribution in [0.15, 0.2) is 55.1 Å². The van der Waals surface area contributed by atoms with E-state index in [0.717, 1.165) is 38.2 Å². The van der Waals surface area contributed by atoms with Gasteiger partial charge in [0.1, 0.15) is 0 Å². The summed E-state index contributed by atoms with van der Waals surface area (Å²) in [5.74, 6) is 0. The molecule has 5 aromatic rings. The molecule has 0 unspecified atom stereocenters. The van der Waals surface area contributed by atoms with Gasteiger partial charge in [-0.15, -0.1) is 0 Å². The van der Waals surface area contributed by atoms with Crippen LogP contribution in [-0.4, -0.2) is 19.9 Å². The van der Waals surface area contributed by atoms with Crippen molar-refractivity contribution in [3.8, 4) is 0 Å². The number of H-pyrrole nitrogens is 1. The third-order valence-electron chi connectivity index (χ3n) is 3.99. The van der Waals surface area contributed by atoms with Crippen molar-refractivity contribution in [3.63, 3.8) is 0 Å². The summed E-state index contributed by atoms with van der Waals surface area (Å²) in [6.07, 6.45) is 5.36. The molecule has 0 spiro atoms. The second-order valence-electron chi connectivity index (χ2n) is 5.09. The number of fused-ring (bicyclic) bond motifs is 8. The van der Waals surface area contributed by atoms with Crippen LogP contribution in [0.3, 0.4) is 0 Å². The van der Waals surface area contributed by atoms with Gasteiger partial charge >= 0.3 is 0 Å². The smallest absolute Gasteiger partial charge is 0.0971 e. The first kappa shape index (κ1) is 10.7. The van der Waals surface area contributed by atoms with E-state index in [1.54, 1.807) is 6.33 Å². The molecular weight excluding hydrogens is 260 g/mol. The van der Waals surface area contributed by atoms with Crippen molar-refractivity contribution >= 4 is 43.6 Å². The maximum absolute atomic E-state index is 4.55. The van der Waals surface area contributed by atoms with Gasteiger partial charge in [0.25, 0.3) is 0 Å².